The Balaban J connectivity index is 3.15. The number of Topliss-reactive ketones (excluding diaryl/α,β-unsaturated/α-hetero) is 1. The van der Waals surface area contributed by atoms with Crippen LogP contribution in [0, 0.1) is 0 Å². The third-order valence-electron chi connectivity index (χ3n) is 2.59. The van der Waals surface area contributed by atoms with Gasteiger partial charge in [-0.2, -0.15) is 11.8 Å². The second kappa shape index (κ2) is 13.8. The molecule has 6 heteroatoms. The van der Waals surface area contributed by atoms with Crippen molar-refractivity contribution in [3.63, 3.8) is 0 Å². The molecule has 0 aromatic carbocycles. The summed E-state index contributed by atoms with van der Waals surface area (Å²) in [5.41, 5.74) is 0. The van der Waals surface area contributed by atoms with E-state index in [4.69, 9.17) is 14.2 Å². The van der Waals surface area contributed by atoms with E-state index in [-0.39, 0.29) is 17.6 Å². The van der Waals surface area contributed by atoms with Crippen LogP contribution in [0.15, 0.2) is 0 Å². The number of rotatable bonds is 14. The summed E-state index contributed by atoms with van der Waals surface area (Å²) >= 11 is 1.53. The number of carbonyl (C=O) groups is 1. The maximum atomic E-state index is 11.4. The minimum absolute atomic E-state index is 0.00349. The molecule has 1 N–H and O–H groups in total. The zero-order valence-corrected chi connectivity index (χ0v) is 14.0. The van der Waals surface area contributed by atoms with Crippen LogP contribution in [0.5, 0.6) is 0 Å². The average Bonchev–Trinajstić information content (AvgIpc) is 2.43. The molecule has 0 aromatic rings. The Morgan fingerprint density at radius 3 is 2.10 bits per heavy atom. The van der Waals surface area contributed by atoms with Gasteiger partial charge in [-0.3, -0.25) is 4.79 Å². The summed E-state index contributed by atoms with van der Waals surface area (Å²) in [5, 5.41) is 3.27. The monoisotopic (exact) mass is 307 g/mol. The highest BCUT2D eigenvalue weighted by molar-refractivity contribution is 7.99. The molecule has 0 rings (SSSR count). The quantitative estimate of drug-likeness (QED) is 0.489. The van der Waals surface area contributed by atoms with Crippen LogP contribution in [0.3, 0.4) is 0 Å². The van der Waals surface area contributed by atoms with E-state index in [0.717, 1.165) is 6.54 Å². The molecule has 0 spiro atoms. The van der Waals surface area contributed by atoms with Gasteiger partial charge in [-0.1, -0.05) is 13.8 Å². The highest BCUT2D eigenvalue weighted by Crippen LogP contribution is 2.05. The first-order chi connectivity index (χ1) is 9.57. The molecule has 0 amide bonds. The van der Waals surface area contributed by atoms with Crippen LogP contribution in [0.25, 0.3) is 0 Å². The van der Waals surface area contributed by atoms with E-state index < -0.39 is 0 Å². The van der Waals surface area contributed by atoms with Crippen molar-refractivity contribution in [3.05, 3.63) is 0 Å². The SMILES string of the molecule is CSC(C)C(=O)COCCOCCOCCNC(C)C. The fourth-order valence-electron chi connectivity index (χ4n) is 1.28. The van der Waals surface area contributed by atoms with Crippen LogP contribution in [-0.4, -0.2) is 69.5 Å². The van der Waals surface area contributed by atoms with E-state index in [0.29, 0.717) is 39.1 Å². The van der Waals surface area contributed by atoms with E-state index in [1.54, 1.807) is 0 Å². The van der Waals surface area contributed by atoms with Gasteiger partial charge in [0, 0.05) is 12.6 Å². The van der Waals surface area contributed by atoms with Crippen molar-refractivity contribution in [3.8, 4) is 0 Å². The molecule has 0 aliphatic rings. The Morgan fingerprint density at radius 2 is 1.55 bits per heavy atom. The molecule has 0 fully saturated rings. The Labute approximate surface area is 127 Å². The Bertz CT molecular complexity index is 239. The third-order valence-corrected chi connectivity index (χ3v) is 3.56. The van der Waals surface area contributed by atoms with Crippen molar-refractivity contribution in [2.24, 2.45) is 0 Å². The first kappa shape index (κ1) is 19.9. The lowest BCUT2D eigenvalue weighted by molar-refractivity contribution is -0.123. The van der Waals surface area contributed by atoms with E-state index in [2.05, 4.69) is 19.2 Å². The highest BCUT2D eigenvalue weighted by Gasteiger charge is 2.10. The van der Waals surface area contributed by atoms with Crippen molar-refractivity contribution in [1.82, 2.24) is 5.32 Å². The van der Waals surface area contributed by atoms with Gasteiger partial charge in [0.05, 0.1) is 38.3 Å². The molecule has 0 aliphatic carbocycles. The summed E-state index contributed by atoms with van der Waals surface area (Å²) in [6.07, 6.45) is 1.92. The number of hydrogen-bond donors (Lipinski definition) is 1. The maximum Gasteiger partial charge on any atom is 0.171 e. The third kappa shape index (κ3) is 12.9. The molecular formula is C14H29NO4S. The first-order valence-corrected chi connectivity index (χ1v) is 8.38. The fourth-order valence-corrected chi connectivity index (χ4v) is 1.61. The molecule has 120 valence electrons. The van der Waals surface area contributed by atoms with Gasteiger partial charge >= 0.3 is 0 Å². The molecule has 0 aliphatic heterocycles. The summed E-state index contributed by atoms with van der Waals surface area (Å²) < 4.78 is 16.0. The van der Waals surface area contributed by atoms with Crippen LogP contribution in [0.1, 0.15) is 20.8 Å². The highest BCUT2D eigenvalue weighted by atomic mass is 32.2. The molecule has 0 saturated carbocycles. The van der Waals surface area contributed by atoms with E-state index >= 15 is 0 Å². The molecule has 5 nitrogen and oxygen atoms in total. The number of carbonyl (C=O) groups excluding carboxylic acids is 1. The number of ketones is 1. The summed E-state index contributed by atoms with van der Waals surface area (Å²) in [7, 11) is 0. The van der Waals surface area contributed by atoms with Crippen LogP contribution in [-0.2, 0) is 19.0 Å². The maximum absolute atomic E-state index is 11.4. The summed E-state index contributed by atoms with van der Waals surface area (Å²) in [6, 6.07) is 0.489. The van der Waals surface area contributed by atoms with Gasteiger partial charge in [0.15, 0.2) is 5.78 Å². The van der Waals surface area contributed by atoms with Gasteiger partial charge in [0.25, 0.3) is 0 Å². The number of hydrogen-bond acceptors (Lipinski definition) is 6. The Hall–Kier alpha value is -0.140. The molecule has 0 bridgehead atoms. The Morgan fingerprint density at radius 1 is 1.00 bits per heavy atom. The first-order valence-electron chi connectivity index (χ1n) is 7.10. The van der Waals surface area contributed by atoms with Crippen molar-refractivity contribution in [2.75, 3.05) is 52.4 Å². The molecule has 20 heavy (non-hydrogen) atoms. The molecular weight excluding hydrogens is 278 g/mol. The average molecular weight is 307 g/mol. The van der Waals surface area contributed by atoms with Crippen molar-refractivity contribution >= 4 is 17.5 Å². The fraction of sp³-hybridized carbons (Fsp3) is 0.929. The number of ether oxygens (including phenoxy) is 3. The zero-order chi connectivity index (χ0) is 15.2. The van der Waals surface area contributed by atoms with Crippen LogP contribution in [0.2, 0.25) is 0 Å². The summed E-state index contributed by atoms with van der Waals surface area (Å²) in [6.45, 7) is 9.90. The predicted molar refractivity (Wildman–Crippen MR) is 83.6 cm³/mol. The van der Waals surface area contributed by atoms with E-state index in [1.807, 2.05) is 13.2 Å². The van der Waals surface area contributed by atoms with Gasteiger partial charge < -0.3 is 19.5 Å². The van der Waals surface area contributed by atoms with Gasteiger partial charge in [0.1, 0.15) is 6.61 Å². The largest absolute Gasteiger partial charge is 0.378 e. The van der Waals surface area contributed by atoms with Crippen molar-refractivity contribution < 1.29 is 19.0 Å². The molecule has 0 heterocycles. The van der Waals surface area contributed by atoms with E-state index in [9.17, 15) is 4.79 Å². The van der Waals surface area contributed by atoms with Gasteiger partial charge in [-0.05, 0) is 13.2 Å². The van der Waals surface area contributed by atoms with Crippen molar-refractivity contribution in [2.45, 2.75) is 32.1 Å². The van der Waals surface area contributed by atoms with Crippen LogP contribution < -0.4 is 5.32 Å². The van der Waals surface area contributed by atoms with Crippen molar-refractivity contribution in [1.29, 1.82) is 0 Å². The van der Waals surface area contributed by atoms with Crippen LogP contribution in [0.4, 0.5) is 0 Å². The second-order valence-electron chi connectivity index (χ2n) is 4.73. The minimum atomic E-state index is 0.00349. The second-order valence-corrected chi connectivity index (χ2v) is 5.91. The topological polar surface area (TPSA) is 56.8 Å². The lowest BCUT2D eigenvalue weighted by atomic mass is 10.3. The normalized spacial score (nSPS) is 12.8. The van der Waals surface area contributed by atoms with Gasteiger partial charge in [-0.15, -0.1) is 0 Å². The molecule has 1 unspecified atom stereocenters. The molecule has 0 saturated heterocycles. The molecule has 0 radical (unpaired) electrons. The summed E-state index contributed by atoms with van der Waals surface area (Å²) in [4.78, 5) is 11.4. The zero-order valence-electron chi connectivity index (χ0n) is 13.1. The Kier molecular flexibility index (Phi) is 13.7. The molecule has 1 atom stereocenters. The minimum Gasteiger partial charge on any atom is -0.378 e. The molecule has 0 aromatic heterocycles. The number of nitrogens with one attached hydrogen (secondary N) is 1. The van der Waals surface area contributed by atoms with Gasteiger partial charge in [0.2, 0.25) is 0 Å². The lowest BCUT2D eigenvalue weighted by Gasteiger charge is -2.09. The summed E-state index contributed by atoms with van der Waals surface area (Å²) in [5.74, 6) is 0.124. The number of thioether (sulfide) groups is 1. The van der Waals surface area contributed by atoms with Crippen LogP contribution >= 0.6 is 11.8 Å². The lowest BCUT2D eigenvalue weighted by Crippen LogP contribution is -2.27. The van der Waals surface area contributed by atoms with E-state index in [1.165, 1.54) is 11.8 Å². The van der Waals surface area contributed by atoms with Gasteiger partial charge in [-0.25, -0.2) is 0 Å². The standard InChI is InChI=1S/C14H29NO4S/c1-12(2)15-5-6-17-7-8-18-9-10-19-11-14(16)13(3)20-4/h12-13,15H,5-11H2,1-4H3. The smallest absolute Gasteiger partial charge is 0.171 e. The predicted octanol–water partition coefficient (Wildman–Crippen LogP) is 1.35.